The Morgan fingerprint density at radius 3 is 2.45 bits per heavy atom. The molecule has 0 atom stereocenters. The smallest absolute Gasteiger partial charge is 0.291 e. The van der Waals surface area contributed by atoms with Crippen molar-refractivity contribution >= 4 is 28.5 Å². The zero-order valence-corrected chi connectivity index (χ0v) is 16.2. The summed E-state index contributed by atoms with van der Waals surface area (Å²) in [6.45, 7) is 3.30. The largest absolute Gasteiger partial charge is 0.451 e. The van der Waals surface area contributed by atoms with Gasteiger partial charge in [-0.25, -0.2) is 0 Å². The van der Waals surface area contributed by atoms with Crippen LogP contribution in [0.4, 0.5) is 5.69 Å². The zero-order valence-electron chi connectivity index (χ0n) is 16.2. The topological polar surface area (TPSA) is 109 Å². The van der Waals surface area contributed by atoms with E-state index >= 15 is 0 Å². The molecule has 2 amide bonds. The van der Waals surface area contributed by atoms with Gasteiger partial charge >= 0.3 is 0 Å². The molecule has 0 radical (unpaired) electrons. The molecule has 0 saturated carbocycles. The zero-order chi connectivity index (χ0) is 21.0. The number of benzene rings is 2. The lowest BCUT2D eigenvalue weighted by Crippen LogP contribution is -2.46. The van der Waals surface area contributed by atoms with Crippen molar-refractivity contribution in [3.8, 4) is 0 Å². The van der Waals surface area contributed by atoms with Gasteiger partial charge in [0.05, 0.1) is 24.0 Å². The highest BCUT2D eigenvalue weighted by Crippen LogP contribution is 2.15. The van der Waals surface area contributed by atoms with Crippen molar-refractivity contribution in [2.75, 3.05) is 11.9 Å². The van der Waals surface area contributed by atoms with Crippen LogP contribution in [0, 0.1) is 0 Å². The predicted octanol–water partition coefficient (Wildman–Crippen LogP) is 2.47. The second-order valence-electron chi connectivity index (χ2n) is 7.39. The molecule has 7 heteroatoms. The minimum absolute atomic E-state index is 0.0802. The van der Waals surface area contributed by atoms with Crippen molar-refractivity contribution in [3.63, 3.8) is 0 Å². The van der Waals surface area contributed by atoms with E-state index < -0.39 is 11.4 Å². The number of carbonyl (C=O) groups excluding carboxylic acids is 2. The van der Waals surface area contributed by atoms with E-state index in [-0.39, 0.29) is 30.1 Å². The Morgan fingerprint density at radius 2 is 1.76 bits per heavy atom. The minimum Gasteiger partial charge on any atom is -0.451 e. The van der Waals surface area contributed by atoms with Crippen molar-refractivity contribution < 1.29 is 19.1 Å². The summed E-state index contributed by atoms with van der Waals surface area (Å²) >= 11 is 0. The van der Waals surface area contributed by atoms with Gasteiger partial charge < -0.3 is 20.2 Å². The molecule has 0 aliphatic carbocycles. The molecular formula is C22H22N2O5. The van der Waals surface area contributed by atoms with Crippen LogP contribution in [0.15, 0.2) is 63.8 Å². The molecule has 0 aliphatic heterocycles. The highest BCUT2D eigenvalue weighted by atomic mass is 16.3. The van der Waals surface area contributed by atoms with Gasteiger partial charge in [-0.05, 0) is 43.7 Å². The Hall–Kier alpha value is -3.45. The molecule has 1 heterocycles. The summed E-state index contributed by atoms with van der Waals surface area (Å²) in [5.74, 6) is -0.829. The van der Waals surface area contributed by atoms with Crippen LogP contribution in [-0.2, 0) is 11.2 Å². The summed E-state index contributed by atoms with van der Waals surface area (Å²) < 4.78 is 5.52. The van der Waals surface area contributed by atoms with E-state index in [4.69, 9.17) is 4.42 Å². The van der Waals surface area contributed by atoms with Crippen LogP contribution in [0.1, 0.15) is 30.0 Å². The molecule has 0 saturated heterocycles. The summed E-state index contributed by atoms with van der Waals surface area (Å²) in [5, 5.41) is 15.0. The number of para-hydroxylation sites is 1. The van der Waals surface area contributed by atoms with Crippen LogP contribution >= 0.6 is 0 Å². The van der Waals surface area contributed by atoms with E-state index in [9.17, 15) is 19.5 Å². The maximum absolute atomic E-state index is 12.4. The summed E-state index contributed by atoms with van der Waals surface area (Å²) in [5.41, 5.74) is 0.632. The van der Waals surface area contributed by atoms with Crippen molar-refractivity contribution in [1.82, 2.24) is 5.32 Å². The molecule has 0 fully saturated rings. The molecule has 0 spiro atoms. The first-order valence-corrected chi connectivity index (χ1v) is 9.12. The van der Waals surface area contributed by atoms with Crippen LogP contribution in [0.3, 0.4) is 0 Å². The molecule has 29 heavy (non-hydrogen) atoms. The van der Waals surface area contributed by atoms with Crippen molar-refractivity contribution in [2.24, 2.45) is 0 Å². The average molecular weight is 394 g/mol. The van der Waals surface area contributed by atoms with Gasteiger partial charge in [-0.3, -0.25) is 14.4 Å². The summed E-state index contributed by atoms with van der Waals surface area (Å²) in [6, 6.07) is 14.7. The molecule has 3 aromatic rings. The molecule has 3 N–H and O–H groups in total. The third-order valence-corrected chi connectivity index (χ3v) is 4.31. The van der Waals surface area contributed by atoms with E-state index in [1.807, 2.05) is 0 Å². The number of fused-ring (bicyclic) bond motifs is 1. The van der Waals surface area contributed by atoms with Crippen LogP contribution in [0.2, 0.25) is 0 Å². The molecule has 0 unspecified atom stereocenters. The number of hydrogen-bond acceptors (Lipinski definition) is 5. The molecule has 150 valence electrons. The highest BCUT2D eigenvalue weighted by molar-refractivity contribution is 6.03. The normalized spacial score (nSPS) is 11.3. The molecular weight excluding hydrogens is 372 g/mol. The fourth-order valence-corrected chi connectivity index (χ4v) is 2.76. The summed E-state index contributed by atoms with van der Waals surface area (Å²) in [4.78, 5) is 36.6. The molecule has 1 aromatic heterocycles. The van der Waals surface area contributed by atoms with Crippen LogP contribution in [0.5, 0.6) is 0 Å². The standard InChI is InChI=1S/C22H22N2O5/c1-22(2,13-25)24-20(27)11-14-7-9-15(10-8-14)23-21(28)19-12-17(26)16-5-3-4-6-18(16)29-19/h3-10,12,25H,11,13H2,1-2H3,(H,23,28)(H,24,27). The van der Waals surface area contributed by atoms with Gasteiger partial charge in [-0.2, -0.15) is 0 Å². The lowest BCUT2D eigenvalue weighted by atomic mass is 10.1. The van der Waals surface area contributed by atoms with E-state index in [0.29, 0.717) is 16.7 Å². The second-order valence-corrected chi connectivity index (χ2v) is 7.39. The van der Waals surface area contributed by atoms with E-state index in [2.05, 4.69) is 10.6 Å². The lowest BCUT2D eigenvalue weighted by molar-refractivity contribution is -0.122. The Balaban J connectivity index is 1.67. The predicted molar refractivity (Wildman–Crippen MR) is 110 cm³/mol. The number of amides is 2. The SMILES string of the molecule is CC(C)(CO)NC(=O)Cc1ccc(NC(=O)c2cc(=O)c3ccccc3o2)cc1. The Kier molecular flexibility index (Phi) is 5.79. The van der Waals surface area contributed by atoms with E-state index in [0.717, 1.165) is 5.56 Å². The minimum atomic E-state index is -0.686. The number of aliphatic hydroxyl groups excluding tert-OH is 1. The van der Waals surface area contributed by atoms with Crippen LogP contribution in [0.25, 0.3) is 11.0 Å². The molecule has 3 rings (SSSR count). The number of hydrogen-bond donors (Lipinski definition) is 3. The first-order valence-electron chi connectivity index (χ1n) is 9.12. The number of anilines is 1. The number of nitrogens with one attached hydrogen (secondary N) is 2. The van der Waals surface area contributed by atoms with Crippen molar-refractivity contribution in [2.45, 2.75) is 25.8 Å². The third-order valence-electron chi connectivity index (χ3n) is 4.31. The van der Waals surface area contributed by atoms with Gasteiger partial charge in [-0.1, -0.05) is 24.3 Å². The van der Waals surface area contributed by atoms with Gasteiger partial charge in [0.15, 0.2) is 11.2 Å². The Morgan fingerprint density at radius 1 is 1.07 bits per heavy atom. The second kappa shape index (κ2) is 8.28. The first-order chi connectivity index (χ1) is 13.8. The van der Waals surface area contributed by atoms with E-state index in [1.54, 1.807) is 62.4 Å². The Labute approximate surface area is 167 Å². The molecule has 0 bridgehead atoms. The van der Waals surface area contributed by atoms with Crippen LogP contribution < -0.4 is 16.1 Å². The van der Waals surface area contributed by atoms with E-state index in [1.165, 1.54) is 6.07 Å². The number of aliphatic hydroxyl groups is 1. The fourth-order valence-electron chi connectivity index (χ4n) is 2.76. The fraction of sp³-hybridized carbons (Fsp3) is 0.227. The number of rotatable bonds is 6. The number of carbonyl (C=O) groups is 2. The maximum atomic E-state index is 12.4. The monoisotopic (exact) mass is 394 g/mol. The van der Waals surface area contributed by atoms with Gasteiger partial charge in [0.2, 0.25) is 5.91 Å². The maximum Gasteiger partial charge on any atom is 0.291 e. The van der Waals surface area contributed by atoms with Crippen LogP contribution in [-0.4, -0.2) is 29.1 Å². The van der Waals surface area contributed by atoms with Gasteiger partial charge in [0.1, 0.15) is 5.58 Å². The third kappa shape index (κ3) is 5.08. The van der Waals surface area contributed by atoms with Crippen molar-refractivity contribution in [3.05, 3.63) is 76.1 Å². The lowest BCUT2D eigenvalue weighted by Gasteiger charge is -2.23. The average Bonchev–Trinajstić information content (AvgIpc) is 2.69. The van der Waals surface area contributed by atoms with Crippen molar-refractivity contribution in [1.29, 1.82) is 0 Å². The van der Waals surface area contributed by atoms with Gasteiger partial charge in [-0.15, -0.1) is 0 Å². The summed E-state index contributed by atoms with van der Waals surface area (Å²) in [7, 11) is 0. The Bertz CT molecular complexity index is 1100. The van der Waals surface area contributed by atoms with Gasteiger partial charge in [0.25, 0.3) is 5.91 Å². The highest BCUT2D eigenvalue weighted by Gasteiger charge is 2.19. The quantitative estimate of drug-likeness (QED) is 0.595. The summed E-state index contributed by atoms with van der Waals surface area (Å²) in [6.07, 6.45) is 0.150. The molecule has 0 aliphatic rings. The first kappa shape index (κ1) is 20.3. The molecule has 2 aromatic carbocycles. The molecule has 7 nitrogen and oxygen atoms in total. The van der Waals surface area contributed by atoms with Gasteiger partial charge in [0, 0.05) is 11.8 Å².